The molecule has 7 heteroatoms. The summed E-state index contributed by atoms with van der Waals surface area (Å²) in [6, 6.07) is 0. The molecular formula is C8H15F3N2O2. The number of ether oxygens (including phenoxy) is 1. The lowest BCUT2D eigenvalue weighted by Gasteiger charge is -2.08. The molecule has 15 heavy (non-hydrogen) atoms. The Morgan fingerprint density at radius 2 is 2.00 bits per heavy atom. The van der Waals surface area contributed by atoms with Crippen molar-refractivity contribution in [1.82, 2.24) is 10.6 Å². The molecule has 4 nitrogen and oxygen atoms in total. The van der Waals surface area contributed by atoms with Gasteiger partial charge in [0.2, 0.25) is 5.91 Å². The van der Waals surface area contributed by atoms with E-state index in [1.807, 2.05) is 0 Å². The van der Waals surface area contributed by atoms with E-state index in [0.29, 0.717) is 19.5 Å². The second kappa shape index (κ2) is 7.47. The molecule has 0 radical (unpaired) electrons. The number of carbonyl (C=O) groups is 1. The molecule has 2 N–H and O–H groups in total. The predicted octanol–water partition coefficient (Wildman–Crippen LogP) is 0.291. The number of halogens is 3. The van der Waals surface area contributed by atoms with Crippen LogP contribution in [0.2, 0.25) is 0 Å². The van der Waals surface area contributed by atoms with Crippen LogP contribution in [-0.2, 0) is 9.53 Å². The fourth-order valence-corrected chi connectivity index (χ4v) is 0.784. The van der Waals surface area contributed by atoms with E-state index in [9.17, 15) is 18.0 Å². The summed E-state index contributed by atoms with van der Waals surface area (Å²) in [5.74, 6) is -0.112. The van der Waals surface area contributed by atoms with Gasteiger partial charge in [0.25, 0.3) is 0 Å². The van der Waals surface area contributed by atoms with Gasteiger partial charge in [0.1, 0.15) is 6.61 Å². The van der Waals surface area contributed by atoms with Gasteiger partial charge in [0.15, 0.2) is 0 Å². The molecule has 0 atom stereocenters. The number of hydrogen-bond acceptors (Lipinski definition) is 3. The van der Waals surface area contributed by atoms with Crippen molar-refractivity contribution in [1.29, 1.82) is 0 Å². The third kappa shape index (κ3) is 11.1. The van der Waals surface area contributed by atoms with E-state index >= 15 is 0 Å². The lowest BCUT2D eigenvalue weighted by Crippen LogP contribution is -2.28. The highest BCUT2D eigenvalue weighted by Crippen LogP contribution is 2.13. The number of amides is 1. The van der Waals surface area contributed by atoms with Gasteiger partial charge in [-0.2, -0.15) is 13.2 Å². The topological polar surface area (TPSA) is 50.4 Å². The summed E-state index contributed by atoms with van der Waals surface area (Å²) in [6.45, 7) is -0.528. The van der Waals surface area contributed by atoms with Crippen LogP contribution < -0.4 is 10.6 Å². The fourth-order valence-electron chi connectivity index (χ4n) is 0.784. The number of nitrogens with one attached hydrogen (secondary N) is 2. The molecule has 0 aliphatic rings. The van der Waals surface area contributed by atoms with E-state index in [2.05, 4.69) is 15.4 Å². The van der Waals surface area contributed by atoms with Gasteiger partial charge in [0, 0.05) is 26.6 Å². The number of rotatable bonds is 7. The highest BCUT2D eigenvalue weighted by molar-refractivity contribution is 5.75. The fraction of sp³-hybridized carbons (Fsp3) is 0.875. The molecule has 0 fully saturated rings. The average Bonchev–Trinajstić information content (AvgIpc) is 2.14. The minimum absolute atomic E-state index is 0.0206. The van der Waals surface area contributed by atoms with Gasteiger partial charge in [-0.1, -0.05) is 0 Å². The first-order chi connectivity index (χ1) is 6.95. The van der Waals surface area contributed by atoms with Gasteiger partial charge in [-0.05, 0) is 0 Å². The number of alkyl halides is 3. The van der Waals surface area contributed by atoms with Crippen molar-refractivity contribution in [3.63, 3.8) is 0 Å². The van der Waals surface area contributed by atoms with Crippen molar-refractivity contribution in [2.45, 2.75) is 12.6 Å². The molecule has 0 saturated heterocycles. The van der Waals surface area contributed by atoms with E-state index in [-0.39, 0.29) is 12.5 Å². The van der Waals surface area contributed by atoms with Crippen molar-refractivity contribution in [2.75, 3.05) is 33.4 Å². The van der Waals surface area contributed by atoms with Gasteiger partial charge in [-0.3, -0.25) is 4.79 Å². The van der Waals surface area contributed by atoms with Gasteiger partial charge >= 0.3 is 6.18 Å². The maximum atomic E-state index is 11.6. The SMILES string of the molecule is CNC(=O)CCNCCOCC(F)(F)F. The van der Waals surface area contributed by atoms with Gasteiger partial charge in [-0.25, -0.2) is 0 Å². The van der Waals surface area contributed by atoms with Crippen LogP contribution in [0.15, 0.2) is 0 Å². The van der Waals surface area contributed by atoms with Gasteiger partial charge < -0.3 is 15.4 Å². The van der Waals surface area contributed by atoms with Crippen LogP contribution in [0.1, 0.15) is 6.42 Å². The van der Waals surface area contributed by atoms with E-state index in [0.717, 1.165) is 0 Å². The largest absolute Gasteiger partial charge is 0.411 e. The summed E-state index contributed by atoms with van der Waals surface area (Å²) in [5, 5.41) is 5.21. The van der Waals surface area contributed by atoms with Gasteiger partial charge in [0.05, 0.1) is 6.61 Å². The second-order valence-electron chi connectivity index (χ2n) is 2.84. The van der Waals surface area contributed by atoms with Crippen LogP contribution in [0.25, 0.3) is 0 Å². The predicted molar refractivity (Wildman–Crippen MR) is 48.4 cm³/mol. The molecule has 1 amide bonds. The first-order valence-electron chi connectivity index (χ1n) is 4.51. The lowest BCUT2D eigenvalue weighted by molar-refractivity contribution is -0.173. The van der Waals surface area contributed by atoms with Crippen LogP contribution in [0.4, 0.5) is 13.2 Å². The summed E-state index contributed by atoms with van der Waals surface area (Å²) < 4.78 is 39.1. The average molecular weight is 228 g/mol. The number of hydrogen-bond donors (Lipinski definition) is 2. The van der Waals surface area contributed by atoms with Crippen LogP contribution in [0.3, 0.4) is 0 Å². The Morgan fingerprint density at radius 1 is 1.33 bits per heavy atom. The third-order valence-corrected chi connectivity index (χ3v) is 1.50. The zero-order valence-corrected chi connectivity index (χ0v) is 8.49. The van der Waals surface area contributed by atoms with Crippen LogP contribution in [0, 0.1) is 0 Å². The van der Waals surface area contributed by atoms with Crippen LogP contribution in [-0.4, -0.2) is 45.4 Å². The maximum Gasteiger partial charge on any atom is 0.411 e. The van der Waals surface area contributed by atoms with E-state index in [4.69, 9.17) is 0 Å². The highest BCUT2D eigenvalue weighted by Gasteiger charge is 2.27. The minimum Gasteiger partial charge on any atom is -0.371 e. The molecule has 0 aromatic heterocycles. The molecule has 0 rings (SSSR count). The molecule has 0 saturated carbocycles. The zero-order chi connectivity index (χ0) is 11.7. The molecule has 0 spiro atoms. The Labute approximate surface area is 86.2 Å². The third-order valence-electron chi connectivity index (χ3n) is 1.50. The first kappa shape index (κ1) is 14.2. The van der Waals surface area contributed by atoms with Gasteiger partial charge in [-0.15, -0.1) is 0 Å². The normalized spacial score (nSPS) is 11.5. The van der Waals surface area contributed by atoms with Crippen molar-refractivity contribution in [3.05, 3.63) is 0 Å². The van der Waals surface area contributed by atoms with Crippen LogP contribution >= 0.6 is 0 Å². The molecular weight excluding hydrogens is 213 g/mol. The summed E-state index contributed by atoms with van der Waals surface area (Å²) in [6.07, 6.45) is -3.97. The molecule has 0 aliphatic heterocycles. The Kier molecular flexibility index (Phi) is 7.06. The smallest absolute Gasteiger partial charge is 0.371 e. The molecule has 0 aromatic carbocycles. The summed E-state index contributed by atoms with van der Waals surface area (Å²) in [4.78, 5) is 10.7. The molecule has 0 bridgehead atoms. The molecule has 0 aromatic rings. The lowest BCUT2D eigenvalue weighted by atomic mass is 10.4. The van der Waals surface area contributed by atoms with Crippen molar-refractivity contribution in [3.8, 4) is 0 Å². The van der Waals surface area contributed by atoms with E-state index < -0.39 is 12.8 Å². The summed E-state index contributed by atoms with van der Waals surface area (Å²) >= 11 is 0. The molecule has 0 aliphatic carbocycles. The molecule has 0 unspecified atom stereocenters. The Hall–Kier alpha value is -0.820. The van der Waals surface area contributed by atoms with E-state index in [1.165, 1.54) is 7.05 Å². The van der Waals surface area contributed by atoms with Crippen LogP contribution in [0.5, 0.6) is 0 Å². The molecule has 0 heterocycles. The molecule has 90 valence electrons. The van der Waals surface area contributed by atoms with E-state index in [1.54, 1.807) is 0 Å². The maximum absolute atomic E-state index is 11.6. The standard InChI is InChI=1S/C8H15F3N2O2/c1-12-7(14)2-3-13-4-5-15-6-8(9,10)11/h13H,2-6H2,1H3,(H,12,14). The summed E-state index contributed by atoms with van der Waals surface area (Å²) in [5.41, 5.74) is 0. The Morgan fingerprint density at radius 3 is 2.53 bits per heavy atom. The number of carbonyl (C=O) groups excluding carboxylic acids is 1. The Bertz CT molecular complexity index is 185. The van der Waals surface area contributed by atoms with Crippen molar-refractivity contribution >= 4 is 5.91 Å². The Balaban J connectivity index is 3.16. The zero-order valence-electron chi connectivity index (χ0n) is 8.49. The highest BCUT2D eigenvalue weighted by atomic mass is 19.4. The minimum atomic E-state index is -4.28. The quantitative estimate of drug-likeness (QED) is 0.616. The first-order valence-corrected chi connectivity index (χ1v) is 4.51. The summed E-state index contributed by atoms with van der Waals surface area (Å²) in [7, 11) is 1.52. The monoisotopic (exact) mass is 228 g/mol. The van der Waals surface area contributed by atoms with Crippen molar-refractivity contribution < 1.29 is 22.7 Å². The van der Waals surface area contributed by atoms with Crippen molar-refractivity contribution in [2.24, 2.45) is 0 Å². The second-order valence-corrected chi connectivity index (χ2v) is 2.84.